The largest absolute Gasteiger partial charge is 0.300 e. The second-order valence-electron chi connectivity index (χ2n) is 4.16. The van der Waals surface area contributed by atoms with Crippen LogP contribution in [0.25, 0.3) is 0 Å². The van der Waals surface area contributed by atoms with E-state index in [4.69, 9.17) is 0 Å². The summed E-state index contributed by atoms with van der Waals surface area (Å²) in [4.78, 5) is 2.32. The molecule has 0 saturated carbocycles. The number of rotatable bonds is 1. The number of hydrogen-bond acceptors (Lipinski definition) is 2. The molecule has 3 nitrogen and oxygen atoms in total. The van der Waals surface area contributed by atoms with Crippen LogP contribution in [0.5, 0.6) is 0 Å². The molecular formula is C10H17N3. The molecule has 0 aliphatic carbocycles. The van der Waals surface area contributed by atoms with Crippen molar-refractivity contribution in [3.63, 3.8) is 0 Å². The molecule has 0 atom stereocenters. The number of fused-ring (bicyclic) bond motifs is 1. The van der Waals surface area contributed by atoms with Crippen LogP contribution in [0.15, 0.2) is 6.20 Å². The second-order valence-corrected chi connectivity index (χ2v) is 4.16. The highest BCUT2D eigenvalue weighted by Gasteiger charge is 2.17. The molecule has 0 fully saturated rings. The van der Waals surface area contributed by atoms with E-state index in [1.165, 1.54) is 11.3 Å². The van der Waals surface area contributed by atoms with Crippen molar-refractivity contribution in [1.82, 2.24) is 14.7 Å². The van der Waals surface area contributed by atoms with Crippen LogP contribution in [0.1, 0.15) is 31.1 Å². The van der Waals surface area contributed by atoms with Gasteiger partial charge >= 0.3 is 0 Å². The van der Waals surface area contributed by atoms with Crippen LogP contribution in [-0.4, -0.2) is 28.3 Å². The summed E-state index contributed by atoms with van der Waals surface area (Å²) in [6.07, 6.45) is 3.35. The quantitative estimate of drug-likeness (QED) is 0.650. The van der Waals surface area contributed by atoms with E-state index in [1.54, 1.807) is 0 Å². The molecule has 13 heavy (non-hydrogen) atoms. The van der Waals surface area contributed by atoms with E-state index in [0.29, 0.717) is 6.04 Å². The standard InChI is InChI=1S/C10H17N3/c1-8(2)13-6-9-4-5-12(3)7-10(9)11-13/h6,8H,4-5,7H2,1-3H3. The first kappa shape index (κ1) is 8.75. The number of nitrogens with zero attached hydrogens (tertiary/aromatic N) is 3. The molecule has 72 valence electrons. The van der Waals surface area contributed by atoms with Crippen molar-refractivity contribution in [3.05, 3.63) is 17.5 Å². The Balaban J connectivity index is 2.28. The number of likely N-dealkylation sites (N-methyl/N-ethyl adjacent to an activating group) is 1. The lowest BCUT2D eigenvalue weighted by Gasteiger charge is -2.20. The van der Waals surface area contributed by atoms with E-state index in [0.717, 1.165) is 19.5 Å². The van der Waals surface area contributed by atoms with Gasteiger partial charge in [-0.1, -0.05) is 0 Å². The highest BCUT2D eigenvalue weighted by atomic mass is 15.3. The molecular weight excluding hydrogens is 162 g/mol. The minimum absolute atomic E-state index is 0.482. The van der Waals surface area contributed by atoms with Gasteiger partial charge in [-0.3, -0.25) is 4.68 Å². The maximum absolute atomic E-state index is 4.58. The van der Waals surface area contributed by atoms with E-state index in [-0.39, 0.29) is 0 Å². The Labute approximate surface area is 79.3 Å². The van der Waals surface area contributed by atoms with E-state index in [9.17, 15) is 0 Å². The molecule has 0 amide bonds. The summed E-state index contributed by atoms with van der Waals surface area (Å²) in [7, 11) is 2.15. The zero-order valence-corrected chi connectivity index (χ0v) is 8.62. The van der Waals surface area contributed by atoms with Crippen molar-refractivity contribution in [2.75, 3.05) is 13.6 Å². The molecule has 1 aliphatic heterocycles. The Kier molecular flexibility index (Phi) is 2.12. The third-order valence-electron chi connectivity index (χ3n) is 2.61. The lowest BCUT2D eigenvalue weighted by molar-refractivity contribution is 0.307. The molecule has 1 aliphatic rings. The Morgan fingerprint density at radius 2 is 2.23 bits per heavy atom. The fraction of sp³-hybridized carbons (Fsp3) is 0.700. The summed E-state index contributed by atoms with van der Waals surface area (Å²) in [6, 6.07) is 0.482. The van der Waals surface area contributed by atoms with Crippen LogP contribution >= 0.6 is 0 Å². The van der Waals surface area contributed by atoms with Gasteiger partial charge < -0.3 is 4.90 Å². The molecule has 1 aromatic heterocycles. The SMILES string of the molecule is CC(C)n1cc2c(n1)CN(C)CC2. The molecule has 3 heteroatoms. The highest BCUT2D eigenvalue weighted by Crippen LogP contribution is 2.17. The molecule has 0 saturated heterocycles. The molecule has 0 aromatic carbocycles. The van der Waals surface area contributed by atoms with Crippen LogP contribution < -0.4 is 0 Å². The molecule has 2 heterocycles. The van der Waals surface area contributed by atoms with Crippen molar-refractivity contribution in [2.45, 2.75) is 32.9 Å². The highest BCUT2D eigenvalue weighted by molar-refractivity contribution is 5.20. The normalized spacial score (nSPS) is 17.8. The summed E-state index contributed by atoms with van der Waals surface area (Å²) in [6.45, 7) is 6.51. The molecule has 2 rings (SSSR count). The molecule has 0 N–H and O–H groups in total. The zero-order valence-electron chi connectivity index (χ0n) is 8.62. The molecule has 0 spiro atoms. The van der Waals surface area contributed by atoms with Crippen LogP contribution in [-0.2, 0) is 13.0 Å². The predicted octanol–water partition coefficient (Wildman–Crippen LogP) is 1.45. The summed E-state index contributed by atoms with van der Waals surface area (Å²) in [5.74, 6) is 0. The molecule has 0 bridgehead atoms. The first-order chi connectivity index (χ1) is 6.16. The molecule has 0 unspecified atom stereocenters. The number of aromatic nitrogens is 2. The van der Waals surface area contributed by atoms with Crippen LogP contribution in [0.3, 0.4) is 0 Å². The maximum atomic E-state index is 4.58. The Hall–Kier alpha value is -0.830. The van der Waals surface area contributed by atoms with Gasteiger partial charge in [0.2, 0.25) is 0 Å². The van der Waals surface area contributed by atoms with Gasteiger partial charge in [0.1, 0.15) is 0 Å². The van der Waals surface area contributed by atoms with Gasteiger partial charge in [-0.05, 0) is 32.9 Å². The van der Waals surface area contributed by atoms with Crippen molar-refractivity contribution >= 4 is 0 Å². The minimum Gasteiger partial charge on any atom is -0.300 e. The lowest BCUT2D eigenvalue weighted by atomic mass is 10.1. The first-order valence-corrected chi connectivity index (χ1v) is 4.92. The first-order valence-electron chi connectivity index (χ1n) is 4.92. The van der Waals surface area contributed by atoms with Crippen LogP contribution in [0.4, 0.5) is 0 Å². The van der Waals surface area contributed by atoms with Gasteiger partial charge in [0.15, 0.2) is 0 Å². The van der Waals surface area contributed by atoms with E-state index in [2.05, 4.69) is 41.8 Å². The minimum atomic E-state index is 0.482. The monoisotopic (exact) mass is 179 g/mol. The average Bonchev–Trinajstić information content (AvgIpc) is 2.46. The second kappa shape index (κ2) is 3.14. The number of hydrogen-bond donors (Lipinski definition) is 0. The Morgan fingerprint density at radius 1 is 1.46 bits per heavy atom. The van der Waals surface area contributed by atoms with Crippen molar-refractivity contribution < 1.29 is 0 Å². The van der Waals surface area contributed by atoms with Crippen LogP contribution in [0, 0.1) is 0 Å². The van der Waals surface area contributed by atoms with E-state index in [1.807, 2.05) is 0 Å². The van der Waals surface area contributed by atoms with Crippen molar-refractivity contribution in [3.8, 4) is 0 Å². The fourth-order valence-electron chi connectivity index (χ4n) is 1.72. The zero-order chi connectivity index (χ0) is 9.42. The fourth-order valence-corrected chi connectivity index (χ4v) is 1.72. The van der Waals surface area contributed by atoms with Gasteiger partial charge in [0, 0.05) is 25.3 Å². The van der Waals surface area contributed by atoms with Gasteiger partial charge in [-0.25, -0.2) is 0 Å². The summed E-state index contributed by atoms with van der Waals surface area (Å²) < 4.78 is 2.07. The topological polar surface area (TPSA) is 21.1 Å². The van der Waals surface area contributed by atoms with Crippen molar-refractivity contribution in [1.29, 1.82) is 0 Å². The summed E-state index contributed by atoms with van der Waals surface area (Å²) >= 11 is 0. The van der Waals surface area contributed by atoms with Gasteiger partial charge in [0.25, 0.3) is 0 Å². The Morgan fingerprint density at radius 3 is 2.92 bits per heavy atom. The predicted molar refractivity (Wildman–Crippen MR) is 52.7 cm³/mol. The summed E-state index contributed by atoms with van der Waals surface area (Å²) in [5, 5.41) is 4.58. The lowest BCUT2D eigenvalue weighted by Crippen LogP contribution is -2.26. The molecule has 1 aromatic rings. The maximum Gasteiger partial charge on any atom is 0.0797 e. The average molecular weight is 179 g/mol. The van der Waals surface area contributed by atoms with E-state index < -0.39 is 0 Å². The van der Waals surface area contributed by atoms with Crippen LogP contribution in [0.2, 0.25) is 0 Å². The summed E-state index contributed by atoms with van der Waals surface area (Å²) in [5.41, 5.74) is 2.70. The third-order valence-corrected chi connectivity index (χ3v) is 2.61. The van der Waals surface area contributed by atoms with E-state index >= 15 is 0 Å². The van der Waals surface area contributed by atoms with Gasteiger partial charge in [0.05, 0.1) is 5.69 Å². The third kappa shape index (κ3) is 1.61. The van der Waals surface area contributed by atoms with Gasteiger partial charge in [-0.2, -0.15) is 5.10 Å². The smallest absolute Gasteiger partial charge is 0.0797 e. The van der Waals surface area contributed by atoms with Gasteiger partial charge in [-0.15, -0.1) is 0 Å². The van der Waals surface area contributed by atoms with Crippen molar-refractivity contribution in [2.24, 2.45) is 0 Å². The Bertz CT molecular complexity index is 301. The molecule has 0 radical (unpaired) electrons.